The highest BCUT2D eigenvalue weighted by molar-refractivity contribution is 5.49. The van der Waals surface area contributed by atoms with Crippen molar-refractivity contribution >= 4 is 11.5 Å². The van der Waals surface area contributed by atoms with Crippen molar-refractivity contribution in [3.05, 3.63) is 18.3 Å². The molecular weight excluding hydrogens is 234 g/mol. The minimum Gasteiger partial charge on any atom is -0.381 e. The van der Waals surface area contributed by atoms with Crippen LogP contribution in [0.25, 0.3) is 0 Å². The van der Waals surface area contributed by atoms with Gasteiger partial charge in [0.05, 0.1) is 11.9 Å². The lowest BCUT2D eigenvalue weighted by Crippen LogP contribution is -2.30. The molecule has 0 spiro atoms. The summed E-state index contributed by atoms with van der Waals surface area (Å²) in [4.78, 5) is 7.00. The van der Waals surface area contributed by atoms with E-state index in [4.69, 9.17) is 0 Å². The number of piperidine rings is 1. The number of rotatable bonds is 6. The van der Waals surface area contributed by atoms with Gasteiger partial charge >= 0.3 is 0 Å². The van der Waals surface area contributed by atoms with Crippen molar-refractivity contribution in [2.75, 3.05) is 23.3 Å². The molecule has 1 saturated heterocycles. The smallest absolute Gasteiger partial charge is 0.128 e. The monoisotopic (exact) mass is 261 g/mol. The SMILES string of the molecule is CCCCC(C)Nc1ccc(N2CCCCC2)nc1. The maximum Gasteiger partial charge on any atom is 0.128 e. The van der Waals surface area contributed by atoms with Gasteiger partial charge in [-0.2, -0.15) is 0 Å². The van der Waals surface area contributed by atoms with Gasteiger partial charge in [0.15, 0.2) is 0 Å². The molecule has 1 aliphatic rings. The quantitative estimate of drug-likeness (QED) is 0.837. The molecule has 1 fully saturated rings. The van der Waals surface area contributed by atoms with Crippen molar-refractivity contribution in [3.8, 4) is 0 Å². The molecule has 0 amide bonds. The van der Waals surface area contributed by atoms with Crippen molar-refractivity contribution in [1.29, 1.82) is 0 Å². The van der Waals surface area contributed by atoms with Crippen LogP contribution in [0.4, 0.5) is 11.5 Å². The lowest BCUT2D eigenvalue weighted by atomic mass is 10.1. The lowest BCUT2D eigenvalue weighted by Gasteiger charge is -2.27. The first-order valence-electron chi connectivity index (χ1n) is 7.77. The van der Waals surface area contributed by atoms with Crippen LogP contribution >= 0.6 is 0 Å². The molecule has 0 aliphatic carbocycles. The Hall–Kier alpha value is -1.25. The van der Waals surface area contributed by atoms with Gasteiger partial charge in [0, 0.05) is 19.1 Å². The maximum atomic E-state index is 4.60. The summed E-state index contributed by atoms with van der Waals surface area (Å²) in [5, 5.41) is 3.53. The average molecular weight is 261 g/mol. The van der Waals surface area contributed by atoms with E-state index in [0.717, 1.165) is 24.6 Å². The van der Waals surface area contributed by atoms with Crippen molar-refractivity contribution in [3.63, 3.8) is 0 Å². The predicted molar refractivity (Wildman–Crippen MR) is 82.9 cm³/mol. The standard InChI is InChI=1S/C16H27N3/c1-3-4-8-14(2)18-15-9-10-16(17-13-15)19-11-6-5-7-12-19/h9-10,13-14,18H,3-8,11-12H2,1-2H3. The molecule has 0 bridgehead atoms. The van der Waals surface area contributed by atoms with Gasteiger partial charge in [0.2, 0.25) is 0 Å². The van der Waals surface area contributed by atoms with Gasteiger partial charge in [0.1, 0.15) is 5.82 Å². The van der Waals surface area contributed by atoms with Crippen LogP contribution < -0.4 is 10.2 Å². The Balaban J connectivity index is 1.86. The zero-order chi connectivity index (χ0) is 13.5. The second-order valence-electron chi connectivity index (χ2n) is 5.64. The second kappa shape index (κ2) is 7.37. The number of anilines is 2. The third kappa shape index (κ3) is 4.41. The third-order valence-corrected chi connectivity index (χ3v) is 3.83. The van der Waals surface area contributed by atoms with E-state index in [-0.39, 0.29) is 0 Å². The van der Waals surface area contributed by atoms with Crippen LogP contribution in [0.2, 0.25) is 0 Å². The molecule has 2 heterocycles. The average Bonchev–Trinajstić information content (AvgIpc) is 2.47. The summed E-state index contributed by atoms with van der Waals surface area (Å²) in [6.07, 6.45) is 9.72. The van der Waals surface area contributed by atoms with E-state index < -0.39 is 0 Å². The molecule has 19 heavy (non-hydrogen) atoms. The Bertz CT molecular complexity index is 355. The van der Waals surface area contributed by atoms with E-state index in [1.165, 1.54) is 38.5 Å². The fourth-order valence-electron chi connectivity index (χ4n) is 2.65. The van der Waals surface area contributed by atoms with Crippen LogP contribution in [-0.4, -0.2) is 24.1 Å². The van der Waals surface area contributed by atoms with Crippen molar-refractivity contribution in [2.24, 2.45) is 0 Å². The Morgan fingerprint density at radius 3 is 2.68 bits per heavy atom. The number of hydrogen-bond donors (Lipinski definition) is 1. The number of nitrogens with zero attached hydrogens (tertiary/aromatic N) is 2. The fourth-order valence-corrected chi connectivity index (χ4v) is 2.65. The molecular formula is C16H27N3. The molecule has 2 rings (SSSR count). The number of hydrogen-bond acceptors (Lipinski definition) is 3. The van der Waals surface area contributed by atoms with Crippen molar-refractivity contribution in [2.45, 2.75) is 58.4 Å². The van der Waals surface area contributed by atoms with Crippen LogP contribution in [0.15, 0.2) is 18.3 Å². The van der Waals surface area contributed by atoms with Gasteiger partial charge in [-0.1, -0.05) is 19.8 Å². The van der Waals surface area contributed by atoms with Crippen LogP contribution in [0.5, 0.6) is 0 Å². The Morgan fingerprint density at radius 2 is 2.05 bits per heavy atom. The molecule has 1 aromatic rings. The number of unbranched alkanes of at least 4 members (excludes halogenated alkanes) is 1. The first-order chi connectivity index (χ1) is 9.29. The summed E-state index contributed by atoms with van der Waals surface area (Å²) in [5.41, 5.74) is 1.14. The Labute approximate surface area is 117 Å². The molecule has 3 heteroatoms. The van der Waals surface area contributed by atoms with E-state index in [2.05, 4.69) is 41.2 Å². The molecule has 1 unspecified atom stereocenters. The summed E-state index contributed by atoms with van der Waals surface area (Å²) in [7, 11) is 0. The number of nitrogens with one attached hydrogen (secondary N) is 1. The second-order valence-corrected chi connectivity index (χ2v) is 5.64. The summed E-state index contributed by atoms with van der Waals surface area (Å²) < 4.78 is 0. The maximum absolute atomic E-state index is 4.60. The first kappa shape index (κ1) is 14.2. The van der Waals surface area contributed by atoms with Crippen molar-refractivity contribution < 1.29 is 0 Å². The van der Waals surface area contributed by atoms with Gasteiger partial charge in [-0.3, -0.25) is 0 Å². The number of aromatic nitrogens is 1. The molecule has 0 aromatic carbocycles. The zero-order valence-electron chi connectivity index (χ0n) is 12.4. The summed E-state index contributed by atoms with van der Waals surface area (Å²) in [6.45, 7) is 6.80. The molecule has 1 aliphatic heterocycles. The molecule has 0 saturated carbocycles. The highest BCUT2D eigenvalue weighted by atomic mass is 15.2. The first-order valence-corrected chi connectivity index (χ1v) is 7.77. The van der Waals surface area contributed by atoms with Gasteiger partial charge in [-0.25, -0.2) is 4.98 Å². The largest absolute Gasteiger partial charge is 0.381 e. The molecule has 3 nitrogen and oxygen atoms in total. The highest BCUT2D eigenvalue weighted by Gasteiger charge is 2.11. The third-order valence-electron chi connectivity index (χ3n) is 3.83. The lowest BCUT2D eigenvalue weighted by molar-refractivity contribution is 0.573. The topological polar surface area (TPSA) is 28.2 Å². The van der Waals surface area contributed by atoms with E-state index in [0.29, 0.717) is 6.04 Å². The molecule has 1 aromatic heterocycles. The summed E-state index contributed by atoms with van der Waals surface area (Å²) >= 11 is 0. The predicted octanol–water partition coefficient (Wildman–Crippen LogP) is 4.06. The van der Waals surface area contributed by atoms with Gasteiger partial charge in [-0.15, -0.1) is 0 Å². The Kier molecular flexibility index (Phi) is 5.49. The highest BCUT2D eigenvalue weighted by Crippen LogP contribution is 2.19. The van der Waals surface area contributed by atoms with Gasteiger partial charge < -0.3 is 10.2 Å². The molecule has 1 N–H and O–H groups in total. The molecule has 0 radical (unpaired) electrons. The number of pyridine rings is 1. The summed E-state index contributed by atoms with van der Waals surface area (Å²) in [6, 6.07) is 4.85. The van der Waals surface area contributed by atoms with E-state index >= 15 is 0 Å². The minimum absolute atomic E-state index is 0.530. The van der Waals surface area contributed by atoms with E-state index in [1.54, 1.807) is 0 Å². The van der Waals surface area contributed by atoms with E-state index in [9.17, 15) is 0 Å². The summed E-state index contributed by atoms with van der Waals surface area (Å²) in [5.74, 6) is 1.13. The minimum atomic E-state index is 0.530. The van der Waals surface area contributed by atoms with Gasteiger partial charge in [-0.05, 0) is 44.7 Å². The van der Waals surface area contributed by atoms with Crippen molar-refractivity contribution in [1.82, 2.24) is 4.98 Å². The molecule has 106 valence electrons. The van der Waals surface area contributed by atoms with Crippen LogP contribution in [0, 0.1) is 0 Å². The van der Waals surface area contributed by atoms with Crippen LogP contribution in [0.1, 0.15) is 52.4 Å². The normalized spacial score (nSPS) is 17.3. The van der Waals surface area contributed by atoms with E-state index in [1.807, 2.05) is 6.20 Å². The van der Waals surface area contributed by atoms with Gasteiger partial charge in [0.25, 0.3) is 0 Å². The fraction of sp³-hybridized carbons (Fsp3) is 0.688. The zero-order valence-corrected chi connectivity index (χ0v) is 12.4. The van der Waals surface area contributed by atoms with Crippen LogP contribution in [0.3, 0.4) is 0 Å². The Morgan fingerprint density at radius 1 is 1.26 bits per heavy atom. The molecule has 1 atom stereocenters. The van der Waals surface area contributed by atoms with Crippen LogP contribution in [-0.2, 0) is 0 Å².